The molecule has 1 aliphatic heterocycles. The maximum atomic E-state index is 12.6. The molecule has 1 heterocycles. The first-order valence-electron chi connectivity index (χ1n) is 10.8. The Bertz CT molecular complexity index is 763. The van der Waals surface area contributed by atoms with Crippen molar-refractivity contribution >= 4 is 23.4 Å². The molecular weight excluding hydrogens is 368 g/mol. The minimum atomic E-state index is -0.131. The van der Waals surface area contributed by atoms with Crippen LogP contribution in [0.2, 0.25) is 0 Å². The van der Waals surface area contributed by atoms with Gasteiger partial charge in [-0.3, -0.25) is 19.3 Å². The molecule has 0 atom stereocenters. The van der Waals surface area contributed by atoms with Crippen LogP contribution in [0.15, 0.2) is 24.3 Å². The molecule has 3 fully saturated rings. The van der Waals surface area contributed by atoms with Crippen LogP contribution in [-0.4, -0.2) is 66.3 Å². The Morgan fingerprint density at radius 3 is 2.31 bits per heavy atom. The SMILES string of the molecule is O=C(CN1CCN(C(=O)C2CC2)CC1)Nc1ccccc1C(=O)NC1CCCC1. The monoisotopic (exact) mass is 398 g/mol. The third-order valence-corrected chi connectivity index (χ3v) is 6.11. The lowest BCUT2D eigenvalue weighted by Crippen LogP contribution is -2.50. The second-order valence-corrected chi connectivity index (χ2v) is 8.42. The van der Waals surface area contributed by atoms with Gasteiger partial charge in [-0.05, 0) is 37.8 Å². The summed E-state index contributed by atoms with van der Waals surface area (Å²) in [5.74, 6) is 0.265. The van der Waals surface area contributed by atoms with Crippen molar-refractivity contribution in [2.75, 3.05) is 38.0 Å². The lowest BCUT2D eigenvalue weighted by molar-refractivity contribution is -0.134. The number of amides is 3. The van der Waals surface area contributed by atoms with Crippen molar-refractivity contribution in [1.29, 1.82) is 0 Å². The molecule has 0 bridgehead atoms. The highest BCUT2D eigenvalue weighted by atomic mass is 16.2. The van der Waals surface area contributed by atoms with Crippen LogP contribution in [0, 0.1) is 5.92 Å². The van der Waals surface area contributed by atoms with Crippen LogP contribution in [-0.2, 0) is 9.59 Å². The van der Waals surface area contributed by atoms with E-state index in [1.807, 2.05) is 17.0 Å². The Kier molecular flexibility index (Phi) is 6.13. The quantitative estimate of drug-likeness (QED) is 0.766. The summed E-state index contributed by atoms with van der Waals surface area (Å²) in [6.45, 7) is 3.04. The molecule has 7 nitrogen and oxygen atoms in total. The zero-order chi connectivity index (χ0) is 20.2. The zero-order valence-electron chi connectivity index (χ0n) is 16.9. The molecule has 1 aromatic rings. The molecular formula is C22H30N4O3. The van der Waals surface area contributed by atoms with Crippen LogP contribution in [0.5, 0.6) is 0 Å². The average Bonchev–Trinajstić information content (AvgIpc) is 3.45. The summed E-state index contributed by atoms with van der Waals surface area (Å²) in [7, 11) is 0. The molecule has 1 saturated heterocycles. The lowest BCUT2D eigenvalue weighted by atomic mass is 10.1. The van der Waals surface area contributed by atoms with Gasteiger partial charge in [0.15, 0.2) is 0 Å². The summed E-state index contributed by atoms with van der Waals surface area (Å²) in [6, 6.07) is 7.40. The van der Waals surface area contributed by atoms with Crippen molar-refractivity contribution in [3.63, 3.8) is 0 Å². The van der Waals surface area contributed by atoms with Gasteiger partial charge in [0.05, 0.1) is 17.8 Å². The van der Waals surface area contributed by atoms with Crippen molar-refractivity contribution in [2.45, 2.75) is 44.6 Å². The summed E-state index contributed by atoms with van der Waals surface area (Å²) in [4.78, 5) is 41.3. The molecule has 29 heavy (non-hydrogen) atoms. The topological polar surface area (TPSA) is 81.8 Å². The van der Waals surface area contributed by atoms with Gasteiger partial charge in [-0.2, -0.15) is 0 Å². The van der Waals surface area contributed by atoms with E-state index >= 15 is 0 Å². The number of hydrogen-bond donors (Lipinski definition) is 2. The molecule has 3 amide bonds. The minimum absolute atomic E-state index is 0.125. The maximum Gasteiger partial charge on any atom is 0.253 e. The predicted molar refractivity (Wildman–Crippen MR) is 111 cm³/mol. The molecule has 156 valence electrons. The van der Waals surface area contributed by atoms with Crippen LogP contribution in [0.4, 0.5) is 5.69 Å². The van der Waals surface area contributed by atoms with Gasteiger partial charge in [0, 0.05) is 38.1 Å². The number of nitrogens with zero attached hydrogens (tertiary/aromatic N) is 2. The minimum Gasteiger partial charge on any atom is -0.349 e. The summed E-state index contributed by atoms with van der Waals surface area (Å²) < 4.78 is 0. The fourth-order valence-corrected chi connectivity index (χ4v) is 4.23. The molecule has 1 aromatic carbocycles. The van der Waals surface area contributed by atoms with Crippen LogP contribution < -0.4 is 10.6 Å². The smallest absolute Gasteiger partial charge is 0.253 e. The summed E-state index contributed by atoms with van der Waals surface area (Å²) in [5, 5.41) is 5.99. The molecule has 7 heteroatoms. The van der Waals surface area contributed by atoms with Crippen molar-refractivity contribution in [1.82, 2.24) is 15.1 Å². The fraction of sp³-hybridized carbons (Fsp3) is 0.591. The number of rotatable bonds is 6. The third kappa shape index (κ3) is 5.15. The molecule has 3 aliphatic rings. The van der Waals surface area contributed by atoms with E-state index in [4.69, 9.17) is 0 Å². The Hall–Kier alpha value is -2.41. The second kappa shape index (κ2) is 8.95. The van der Waals surface area contributed by atoms with Crippen LogP contribution in [0.3, 0.4) is 0 Å². The molecule has 2 aliphatic carbocycles. The highest BCUT2D eigenvalue weighted by Crippen LogP contribution is 2.31. The Morgan fingerprint density at radius 1 is 0.931 bits per heavy atom. The van der Waals surface area contributed by atoms with Gasteiger partial charge in [0.2, 0.25) is 11.8 Å². The first-order valence-corrected chi connectivity index (χ1v) is 10.8. The van der Waals surface area contributed by atoms with E-state index in [-0.39, 0.29) is 36.2 Å². The molecule has 2 saturated carbocycles. The van der Waals surface area contributed by atoms with Gasteiger partial charge in [-0.25, -0.2) is 0 Å². The summed E-state index contributed by atoms with van der Waals surface area (Å²) >= 11 is 0. The molecule has 0 aromatic heterocycles. The van der Waals surface area contributed by atoms with E-state index in [1.54, 1.807) is 12.1 Å². The van der Waals surface area contributed by atoms with Gasteiger partial charge in [0.25, 0.3) is 5.91 Å². The van der Waals surface area contributed by atoms with Gasteiger partial charge in [-0.1, -0.05) is 25.0 Å². The summed E-state index contributed by atoms with van der Waals surface area (Å²) in [6.07, 6.45) is 6.40. The van der Waals surface area contributed by atoms with Crippen LogP contribution >= 0.6 is 0 Å². The van der Waals surface area contributed by atoms with E-state index in [0.29, 0.717) is 37.4 Å². The van der Waals surface area contributed by atoms with Crippen molar-refractivity contribution in [3.8, 4) is 0 Å². The number of nitrogens with one attached hydrogen (secondary N) is 2. The first-order chi connectivity index (χ1) is 14.1. The second-order valence-electron chi connectivity index (χ2n) is 8.42. The van der Waals surface area contributed by atoms with Crippen molar-refractivity contribution in [3.05, 3.63) is 29.8 Å². The number of piperazine rings is 1. The van der Waals surface area contributed by atoms with E-state index in [0.717, 1.165) is 38.5 Å². The highest BCUT2D eigenvalue weighted by molar-refractivity contribution is 6.04. The van der Waals surface area contributed by atoms with Crippen molar-refractivity contribution < 1.29 is 14.4 Å². The highest BCUT2D eigenvalue weighted by Gasteiger charge is 2.34. The largest absolute Gasteiger partial charge is 0.349 e. The van der Waals surface area contributed by atoms with Crippen LogP contribution in [0.1, 0.15) is 48.9 Å². The van der Waals surface area contributed by atoms with E-state index in [1.165, 1.54) is 0 Å². The lowest BCUT2D eigenvalue weighted by Gasteiger charge is -2.34. The number of hydrogen-bond acceptors (Lipinski definition) is 4. The molecule has 0 spiro atoms. The fourth-order valence-electron chi connectivity index (χ4n) is 4.23. The average molecular weight is 399 g/mol. The van der Waals surface area contributed by atoms with E-state index in [2.05, 4.69) is 15.5 Å². The third-order valence-electron chi connectivity index (χ3n) is 6.11. The van der Waals surface area contributed by atoms with E-state index in [9.17, 15) is 14.4 Å². The van der Waals surface area contributed by atoms with Gasteiger partial charge in [-0.15, -0.1) is 0 Å². The van der Waals surface area contributed by atoms with Crippen LogP contribution in [0.25, 0.3) is 0 Å². The number of para-hydroxylation sites is 1. The molecule has 2 N–H and O–H groups in total. The molecule has 0 unspecified atom stereocenters. The Morgan fingerprint density at radius 2 is 1.62 bits per heavy atom. The molecule has 0 radical (unpaired) electrons. The number of benzene rings is 1. The number of carbonyl (C=O) groups is 3. The van der Waals surface area contributed by atoms with Gasteiger partial charge < -0.3 is 15.5 Å². The number of anilines is 1. The Balaban J connectivity index is 1.28. The first kappa shape index (κ1) is 19.9. The van der Waals surface area contributed by atoms with Gasteiger partial charge in [0.1, 0.15) is 0 Å². The standard InChI is InChI=1S/C22H30N4O3/c27-20(15-25-11-13-26(14-12-25)22(29)16-9-10-16)24-19-8-4-3-7-18(19)21(28)23-17-5-1-2-6-17/h3-4,7-8,16-17H,1-2,5-6,9-15H2,(H,23,28)(H,24,27). The van der Waals surface area contributed by atoms with Crippen molar-refractivity contribution in [2.24, 2.45) is 5.92 Å². The van der Waals surface area contributed by atoms with E-state index < -0.39 is 0 Å². The summed E-state index contributed by atoms with van der Waals surface area (Å²) in [5.41, 5.74) is 1.06. The number of carbonyl (C=O) groups excluding carboxylic acids is 3. The maximum absolute atomic E-state index is 12.6. The predicted octanol–water partition coefficient (Wildman–Crippen LogP) is 1.85. The zero-order valence-corrected chi connectivity index (χ0v) is 16.9. The normalized spacial score (nSPS) is 20.5. The van der Waals surface area contributed by atoms with Gasteiger partial charge >= 0.3 is 0 Å². The molecule has 4 rings (SSSR count). The Labute approximate surface area is 171 Å².